The number of esters is 1. The average Bonchev–Trinajstić information content (AvgIpc) is 3.24. The van der Waals surface area contributed by atoms with Crippen molar-refractivity contribution < 1.29 is 18.7 Å². The molecule has 10 heteroatoms. The lowest BCUT2D eigenvalue weighted by atomic mass is 10.0. The zero-order valence-corrected chi connectivity index (χ0v) is 17.5. The first-order valence-corrected chi connectivity index (χ1v) is 9.98. The predicted molar refractivity (Wildman–Crippen MR) is 107 cm³/mol. The molecule has 1 atom stereocenters. The molecule has 0 aliphatic rings. The summed E-state index contributed by atoms with van der Waals surface area (Å²) in [5, 5.41) is 8.62. The number of ether oxygens (including phenoxy) is 1. The molecule has 0 bridgehead atoms. The first-order chi connectivity index (χ1) is 13.8. The molecule has 0 saturated carbocycles. The highest BCUT2D eigenvalue weighted by Gasteiger charge is 2.31. The van der Waals surface area contributed by atoms with Gasteiger partial charge in [0.1, 0.15) is 11.5 Å². The maximum absolute atomic E-state index is 13.3. The highest BCUT2D eigenvalue weighted by molar-refractivity contribution is 7.14. The number of aryl methyl sites for hydroxylation is 1. The first-order valence-electron chi connectivity index (χ1n) is 8.72. The van der Waals surface area contributed by atoms with Gasteiger partial charge in [0.05, 0.1) is 18.0 Å². The van der Waals surface area contributed by atoms with Crippen molar-refractivity contribution in [2.75, 3.05) is 6.61 Å². The molecule has 152 valence electrons. The van der Waals surface area contributed by atoms with Crippen molar-refractivity contribution in [2.45, 2.75) is 26.8 Å². The lowest BCUT2D eigenvalue weighted by molar-refractivity contribution is -0.145. The largest absolute Gasteiger partial charge is 0.464 e. The minimum atomic E-state index is -1.09. The topological polar surface area (TPSA) is 86.1 Å². The third-order valence-corrected chi connectivity index (χ3v) is 5.19. The Morgan fingerprint density at radius 1 is 1.31 bits per heavy atom. The fraction of sp³-hybridized carbons (Fsp3) is 0.263. The number of halogens is 2. The summed E-state index contributed by atoms with van der Waals surface area (Å²) in [6.45, 7) is 5.31. The molecule has 3 rings (SSSR count). The van der Waals surface area contributed by atoms with E-state index in [1.165, 1.54) is 17.5 Å². The second-order valence-electron chi connectivity index (χ2n) is 6.12. The summed E-state index contributed by atoms with van der Waals surface area (Å²) in [6, 6.07) is 4.71. The molecular formula is C19H18ClFN4O3S. The fourth-order valence-corrected chi connectivity index (χ4v) is 3.69. The lowest BCUT2D eigenvalue weighted by Gasteiger charge is -2.18. The molecule has 2 heterocycles. The number of benzene rings is 1. The highest BCUT2D eigenvalue weighted by atomic mass is 35.5. The van der Waals surface area contributed by atoms with Gasteiger partial charge in [0.25, 0.3) is 5.91 Å². The van der Waals surface area contributed by atoms with Gasteiger partial charge >= 0.3 is 5.97 Å². The summed E-state index contributed by atoms with van der Waals surface area (Å²) in [4.78, 5) is 29.2. The summed E-state index contributed by atoms with van der Waals surface area (Å²) in [7, 11) is 0. The number of aromatic nitrogens is 3. The summed E-state index contributed by atoms with van der Waals surface area (Å²) in [5.41, 5.74) is 2.38. The Labute approximate surface area is 175 Å². The second kappa shape index (κ2) is 8.71. The van der Waals surface area contributed by atoms with E-state index in [9.17, 15) is 14.0 Å². The molecule has 0 spiro atoms. The van der Waals surface area contributed by atoms with E-state index in [1.54, 1.807) is 37.6 Å². The summed E-state index contributed by atoms with van der Waals surface area (Å²) < 4.78 is 20.2. The van der Waals surface area contributed by atoms with E-state index in [0.717, 1.165) is 11.3 Å². The van der Waals surface area contributed by atoms with Crippen molar-refractivity contribution in [3.8, 4) is 5.69 Å². The molecule has 0 saturated heterocycles. The van der Waals surface area contributed by atoms with Crippen molar-refractivity contribution in [3.05, 3.63) is 62.6 Å². The maximum Gasteiger partial charge on any atom is 0.333 e. The second-order valence-corrected chi connectivity index (χ2v) is 7.56. The van der Waals surface area contributed by atoms with Gasteiger partial charge in [0.15, 0.2) is 10.5 Å². The zero-order valence-electron chi connectivity index (χ0n) is 15.9. The molecule has 29 heavy (non-hydrogen) atoms. The Bertz CT molecular complexity index is 1050. The molecule has 1 aromatic carbocycles. The standard InChI is InChI=1S/C19H18ClFN4O3S/c1-4-28-18(27)16(23-17(26)14-9-29-19(20)22-14)15-10(2)24-25(11(15)3)13-7-5-12(21)6-8-13/h5-9,16H,4H2,1-3H3,(H,23,26)/t16-/m1/s1. The summed E-state index contributed by atoms with van der Waals surface area (Å²) >= 11 is 6.91. The molecule has 0 unspecified atom stereocenters. The molecule has 1 amide bonds. The van der Waals surface area contributed by atoms with Crippen molar-refractivity contribution in [1.29, 1.82) is 0 Å². The van der Waals surface area contributed by atoms with Crippen LogP contribution in [0.15, 0.2) is 29.6 Å². The van der Waals surface area contributed by atoms with Gasteiger partial charge in [0.2, 0.25) is 0 Å². The Morgan fingerprint density at radius 3 is 2.59 bits per heavy atom. The number of hydrogen-bond donors (Lipinski definition) is 1. The van der Waals surface area contributed by atoms with Gasteiger partial charge in [-0.1, -0.05) is 11.6 Å². The summed E-state index contributed by atoms with van der Waals surface area (Å²) in [5.74, 6) is -1.54. The molecule has 0 radical (unpaired) electrons. The Morgan fingerprint density at radius 2 is 2.00 bits per heavy atom. The Kier molecular flexibility index (Phi) is 6.29. The minimum absolute atomic E-state index is 0.107. The van der Waals surface area contributed by atoms with Gasteiger partial charge in [0, 0.05) is 16.6 Å². The van der Waals surface area contributed by atoms with Crippen LogP contribution in [0.1, 0.15) is 40.4 Å². The highest BCUT2D eigenvalue weighted by Crippen LogP contribution is 2.26. The number of thiazole rings is 1. The number of nitrogens with one attached hydrogen (secondary N) is 1. The average molecular weight is 437 g/mol. The molecule has 3 aromatic rings. The Balaban J connectivity index is 2.00. The number of carbonyl (C=O) groups excluding carboxylic acids is 2. The number of rotatable bonds is 6. The first kappa shape index (κ1) is 20.9. The smallest absolute Gasteiger partial charge is 0.333 e. The molecule has 1 N–H and O–H groups in total. The maximum atomic E-state index is 13.3. The van der Waals surface area contributed by atoms with Gasteiger partial charge in [-0.25, -0.2) is 18.9 Å². The van der Waals surface area contributed by atoms with Crippen LogP contribution in [0, 0.1) is 19.7 Å². The molecule has 0 fully saturated rings. The minimum Gasteiger partial charge on any atom is -0.464 e. The van der Waals surface area contributed by atoms with E-state index < -0.39 is 17.9 Å². The van der Waals surface area contributed by atoms with E-state index in [4.69, 9.17) is 16.3 Å². The third-order valence-electron chi connectivity index (χ3n) is 4.21. The van der Waals surface area contributed by atoms with Crippen molar-refractivity contribution >= 4 is 34.8 Å². The van der Waals surface area contributed by atoms with Gasteiger partial charge in [-0.3, -0.25) is 4.79 Å². The molecule has 2 aromatic heterocycles. The van der Waals surface area contributed by atoms with Crippen molar-refractivity contribution in [2.24, 2.45) is 0 Å². The van der Waals surface area contributed by atoms with Gasteiger partial charge in [-0.15, -0.1) is 11.3 Å². The monoisotopic (exact) mass is 436 g/mol. The van der Waals surface area contributed by atoms with E-state index in [0.29, 0.717) is 22.6 Å². The number of hydrogen-bond acceptors (Lipinski definition) is 6. The Hall–Kier alpha value is -2.78. The van der Waals surface area contributed by atoms with Crippen LogP contribution in [0.4, 0.5) is 4.39 Å². The summed E-state index contributed by atoms with van der Waals surface area (Å²) in [6.07, 6.45) is 0. The molecule has 0 aliphatic heterocycles. The van der Waals surface area contributed by atoms with E-state index in [1.807, 2.05) is 0 Å². The van der Waals surface area contributed by atoms with Crippen LogP contribution >= 0.6 is 22.9 Å². The third kappa shape index (κ3) is 4.46. The zero-order chi connectivity index (χ0) is 21.1. The van der Waals surface area contributed by atoms with Crippen LogP contribution in [0.2, 0.25) is 4.47 Å². The number of amides is 1. The number of carbonyl (C=O) groups is 2. The van der Waals surface area contributed by atoms with Crippen LogP contribution < -0.4 is 5.32 Å². The van der Waals surface area contributed by atoms with Crippen LogP contribution in [0.3, 0.4) is 0 Å². The van der Waals surface area contributed by atoms with Gasteiger partial charge in [-0.2, -0.15) is 5.10 Å². The van der Waals surface area contributed by atoms with Crippen LogP contribution in [0.5, 0.6) is 0 Å². The van der Waals surface area contributed by atoms with Crippen molar-refractivity contribution in [1.82, 2.24) is 20.1 Å². The van der Waals surface area contributed by atoms with Crippen LogP contribution in [-0.2, 0) is 9.53 Å². The molecule has 0 aliphatic carbocycles. The number of nitrogens with zero attached hydrogens (tertiary/aromatic N) is 3. The van der Waals surface area contributed by atoms with E-state index in [-0.39, 0.29) is 22.6 Å². The van der Waals surface area contributed by atoms with E-state index >= 15 is 0 Å². The van der Waals surface area contributed by atoms with Gasteiger partial charge in [-0.05, 0) is 45.0 Å². The molecular weight excluding hydrogens is 419 g/mol. The predicted octanol–water partition coefficient (Wildman–Crippen LogP) is 3.77. The fourth-order valence-electron chi connectivity index (χ4n) is 2.94. The SMILES string of the molecule is CCOC(=O)[C@H](NC(=O)c1csc(Cl)n1)c1c(C)nn(-c2ccc(F)cc2)c1C. The van der Waals surface area contributed by atoms with E-state index in [2.05, 4.69) is 15.4 Å². The normalized spacial score (nSPS) is 11.9. The quantitative estimate of drug-likeness (QED) is 0.594. The van der Waals surface area contributed by atoms with Gasteiger partial charge < -0.3 is 10.1 Å². The molecule has 7 nitrogen and oxygen atoms in total. The lowest BCUT2D eigenvalue weighted by Crippen LogP contribution is -2.35. The van der Waals surface area contributed by atoms with Crippen LogP contribution in [-0.4, -0.2) is 33.2 Å². The van der Waals surface area contributed by atoms with Crippen LogP contribution in [0.25, 0.3) is 5.69 Å². The van der Waals surface area contributed by atoms with Crippen molar-refractivity contribution in [3.63, 3.8) is 0 Å².